The number of aryl methyl sites for hydroxylation is 1. The van der Waals surface area contributed by atoms with Crippen LogP contribution in [0, 0.1) is 0 Å². The van der Waals surface area contributed by atoms with Gasteiger partial charge in [-0.15, -0.1) is 0 Å². The fraction of sp³-hybridized carbons (Fsp3) is 0.520. The molecular formula is C25H33ClN6O3S. The number of thiazole rings is 1. The van der Waals surface area contributed by atoms with Gasteiger partial charge in [-0.05, 0) is 44.9 Å². The number of rotatable bonds is 10. The van der Waals surface area contributed by atoms with Crippen LogP contribution in [0.3, 0.4) is 0 Å². The standard InChI is InChI=1S/C25H33ClN6O3S/c1-4-7-12-27-19-14-32(13-11-17(19)29-23(33)22-28-16(5-2)21(26)31-22)25-30-18-10-8-9-15(20(18)36-25)24(34)35-6-3/h8-10,17,19,27H,4-7,11-14H2,1-3H3,(H,28,31)(H,29,33)/t17-,19-/m1/s1. The summed E-state index contributed by atoms with van der Waals surface area (Å²) in [7, 11) is 0. The van der Waals surface area contributed by atoms with Crippen LogP contribution in [-0.2, 0) is 11.2 Å². The van der Waals surface area contributed by atoms with E-state index >= 15 is 0 Å². The van der Waals surface area contributed by atoms with Gasteiger partial charge in [0.25, 0.3) is 5.91 Å². The van der Waals surface area contributed by atoms with Crippen molar-refractivity contribution >= 4 is 50.2 Å². The smallest absolute Gasteiger partial charge is 0.339 e. The number of unbranched alkanes of at least 4 members (excludes halogenated alkanes) is 1. The third kappa shape index (κ3) is 5.82. The first-order valence-corrected chi connectivity index (χ1v) is 13.7. The number of nitrogens with one attached hydrogen (secondary N) is 3. The Bertz CT molecular complexity index is 1210. The first-order valence-electron chi connectivity index (χ1n) is 12.5. The van der Waals surface area contributed by atoms with Crippen molar-refractivity contribution in [1.82, 2.24) is 25.6 Å². The molecule has 3 N–H and O–H groups in total. The number of benzene rings is 1. The number of aromatic amines is 1. The zero-order valence-electron chi connectivity index (χ0n) is 20.9. The zero-order valence-corrected chi connectivity index (χ0v) is 22.5. The van der Waals surface area contributed by atoms with E-state index in [0.717, 1.165) is 53.4 Å². The summed E-state index contributed by atoms with van der Waals surface area (Å²) in [5.41, 5.74) is 2.08. The Morgan fingerprint density at radius 3 is 2.81 bits per heavy atom. The van der Waals surface area contributed by atoms with Gasteiger partial charge in [0, 0.05) is 25.2 Å². The topological polar surface area (TPSA) is 112 Å². The van der Waals surface area contributed by atoms with E-state index in [0.29, 0.717) is 30.3 Å². The molecule has 3 heterocycles. The molecule has 0 spiro atoms. The molecule has 3 aromatic rings. The zero-order chi connectivity index (χ0) is 25.7. The highest BCUT2D eigenvalue weighted by atomic mass is 35.5. The number of amides is 1. The summed E-state index contributed by atoms with van der Waals surface area (Å²) in [6, 6.07) is 5.50. The van der Waals surface area contributed by atoms with Gasteiger partial charge in [-0.25, -0.2) is 14.8 Å². The molecule has 2 atom stereocenters. The monoisotopic (exact) mass is 532 g/mol. The molecule has 1 fully saturated rings. The van der Waals surface area contributed by atoms with E-state index in [2.05, 4.69) is 32.4 Å². The number of H-pyrrole nitrogens is 1. The van der Waals surface area contributed by atoms with Crippen molar-refractivity contribution in [2.24, 2.45) is 0 Å². The Morgan fingerprint density at radius 2 is 2.08 bits per heavy atom. The van der Waals surface area contributed by atoms with Gasteiger partial charge >= 0.3 is 5.97 Å². The second-order valence-corrected chi connectivity index (χ2v) is 10.1. The molecule has 1 saturated heterocycles. The number of piperidine rings is 1. The van der Waals surface area contributed by atoms with Gasteiger partial charge in [-0.3, -0.25) is 4.79 Å². The van der Waals surface area contributed by atoms with Crippen LogP contribution >= 0.6 is 22.9 Å². The van der Waals surface area contributed by atoms with Crippen LogP contribution in [0.15, 0.2) is 18.2 Å². The largest absolute Gasteiger partial charge is 0.462 e. The second-order valence-electron chi connectivity index (χ2n) is 8.81. The minimum Gasteiger partial charge on any atom is -0.462 e. The quantitative estimate of drug-likeness (QED) is 0.265. The van der Waals surface area contributed by atoms with Crippen molar-refractivity contribution in [3.63, 3.8) is 0 Å². The highest BCUT2D eigenvalue weighted by Gasteiger charge is 2.32. The molecule has 1 aliphatic rings. The summed E-state index contributed by atoms with van der Waals surface area (Å²) in [6.45, 7) is 8.52. The van der Waals surface area contributed by atoms with E-state index in [1.54, 1.807) is 13.0 Å². The number of imidazole rings is 1. The molecule has 0 aliphatic carbocycles. The van der Waals surface area contributed by atoms with E-state index < -0.39 is 0 Å². The summed E-state index contributed by atoms with van der Waals surface area (Å²) in [5.74, 6) is -0.344. The molecule has 11 heteroatoms. The number of carbonyl (C=O) groups is 2. The normalized spacial score (nSPS) is 17.9. The van der Waals surface area contributed by atoms with Crippen LogP contribution in [0.1, 0.15) is 66.7 Å². The number of hydrogen-bond donors (Lipinski definition) is 3. The summed E-state index contributed by atoms with van der Waals surface area (Å²) >= 11 is 7.64. The van der Waals surface area contributed by atoms with Crippen LogP contribution in [0.5, 0.6) is 0 Å². The first-order chi connectivity index (χ1) is 17.4. The molecule has 0 saturated carbocycles. The fourth-order valence-electron chi connectivity index (χ4n) is 4.38. The molecule has 0 unspecified atom stereocenters. The van der Waals surface area contributed by atoms with Crippen molar-refractivity contribution in [3.05, 3.63) is 40.4 Å². The van der Waals surface area contributed by atoms with Gasteiger partial charge < -0.3 is 25.3 Å². The van der Waals surface area contributed by atoms with Crippen molar-refractivity contribution in [2.45, 2.75) is 58.5 Å². The Hall–Kier alpha value is -2.69. The lowest BCUT2D eigenvalue weighted by molar-refractivity contribution is 0.0528. The third-order valence-electron chi connectivity index (χ3n) is 6.33. The predicted octanol–water partition coefficient (Wildman–Crippen LogP) is 4.18. The Balaban J connectivity index is 1.51. The molecule has 194 valence electrons. The van der Waals surface area contributed by atoms with Crippen LogP contribution < -0.4 is 15.5 Å². The maximum Gasteiger partial charge on any atom is 0.339 e. The van der Waals surface area contributed by atoms with Crippen LogP contribution in [0.25, 0.3) is 10.2 Å². The van der Waals surface area contributed by atoms with Crippen LogP contribution in [0.4, 0.5) is 5.13 Å². The third-order valence-corrected chi connectivity index (χ3v) is 7.81. The SMILES string of the molecule is CCCCN[C@@H]1CN(c2nc3cccc(C(=O)OCC)c3s2)CC[C@H]1NC(=O)c1nc(Cl)c(CC)[nH]1. The number of halogens is 1. The number of hydrogen-bond acceptors (Lipinski definition) is 8. The maximum absolute atomic E-state index is 12.9. The predicted molar refractivity (Wildman–Crippen MR) is 143 cm³/mol. The Labute approximate surface area is 220 Å². The average molecular weight is 533 g/mol. The van der Waals surface area contributed by atoms with Gasteiger partial charge in [0.2, 0.25) is 0 Å². The first kappa shape index (κ1) is 26.4. The summed E-state index contributed by atoms with van der Waals surface area (Å²) in [4.78, 5) is 39.6. The van der Waals surface area contributed by atoms with Crippen molar-refractivity contribution in [1.29, 1.82) is 0 Å². The van der Waals surface area contributed by atoms with E-state index in [-0.39, 0.29) is 29.8 Å². The minimum atomic E-state index is -0.330. The van der Waals surface area contributed by atoms with E-state index in [1.165, 1.54) is 11.3 Å². The Kier molecular flexibility index (Phi) is 8.81. The van der Waals surface area contributed by atoms with Gasteiger partial charge in [0.15, 0.2) is 16.1 Å². The van der Waals surface area contributed by atoms with E-state index in [1.807, 2.05) is 19.1 Å². The van der Waals surface area contributed by atoms with Gasteiger partial charge in [0.05, 0.1) is 28.1 Å². The molecule has 0 radical (unpaired) electrons. The fourth-order valence-corrected chi connectivity index (χ4v) is 5.74. The summed E-state index contributed by atoms with van der Waals surface area (Å²) in [5, 5.41) is 7.98. The second kappa shape index (κ2) is 12.0. The number of aromatic nitrogens is 3. The summed E-state index contributed by atoms with van der Waals surface area (Å²) in [6.07, 6.45) is 3.55. The number of fused-ring (bicyclic) bond motifs is 1. The molecule has 1 amide bonds. The molecule has 1 aromatic carbocycles. The van der Waals surface area contributed by atoms with Gasteiger partial charge in [-0.2, -0.15) is 0 Å². The number of nitrogens with zero attached hydrogens (tertiary/aromatic N) is 3. The van der Waals surface area contributed by atoms with Crippen LogP contribution in [-0.4, -0.2) is 65.2 Å². The minimum absolute atomic E-state index is 0.0295. The molecule has 2 aromatic heterocycles. The lowest BCUT2D eigenvalue weighted by Gasteiger charge is -2.39. The number of anilines is 1. The molecule has 1 aliphatic heterocycles. The van der Waals surface area contributed by atoms with E-state index in [4.69, 9.17) is 21.3 Å². The lowest BCUT2D eigenvalue weighted by atomic mass is 9.99. The number of carbonyl (C=O) groups excluding carboxylic acids is 2. The van der Waals surface area contributed by atoms with Crippen molar-refractivity contribution in [2.75, 3.05) is 31.1 Å². The van der Waals surface area contributed by atoms with E-state index in [9.17, 15) is 9.59 Å². The average Bonchev–Trinajstić information content (AvgIpc) is 3.48. The molecule has 9 nitrogen and oxygen atoms in total. The number of ether oxygens (including phenoxy) is 1. The van der Waals surface area contributed by atoms with Crippen LogP contribution in [0.2, 0.25) is 5.15 Å². The molecule has 36 heavy (non-hydrogen) atoms. The molecular weight excluding hydrogens is 500 g/mol. The van der Waals surface area contributed by atoms with Crippen molar-refractivity contribution in [3.8, 4) is 0 Å². The molecule has 4 rings (SSSR count). The number of esters is 1. The highest BCUT2D eigenvalue weighted by Crippen LogP contribution is 2.33. The highest BCUT2D eigenvalue weighted by molar-refractivity contribution is 7.22. The van der Waals surface area contributed by atoms with Crippen molar-refractivity contribution < 1.29 is 14.3 Å². The molecule has 0 bridgehead atoms. The Morgan fingerprint density at radius 1 is 1.25 bits per heavy atom. The van der Waals surface area contributed by atoms with Gasteiger partial charge in [-0.1, -0.05) is 49.3 Å². The lowest BCUT2D eigenvalue weighted by Crippen LogP contribution is -2.59. The van der Waals surface area contributed by atoms with Gasteiger partial charge in [0.1, 0.15) is 0 Å². The maximum atomic E-state index is 12.9. The summed E-state index contributed by atoms with van der Waals surface area (Å²) < 4.78 is 6.06.